The minimum absolute atomic E-state index is 0.649. The van der Waals surface area contributed by atoms with Crippen molar-refractivity contribution in [1.29, 1.82) is 0 Å². The molecule has 2 aromatic rings. The number of benzene rings is 2. The van der Waals surface area contributed by atoms with Crippen LogP contribution in [0.2, 0.25) is 0 Å². The van der Waals surface area contributed by atoms with Crippen molar-refractivity contribution < 1.29 is 4.89 Å². The second-order valence-corrected chi connectivity index (χ2v) is 9.30. The zero-order valence-electron chi connectivity index (χ0n) is 14.1. The van der Waals surface area contributed by atoms with E-state index in [1.165, 1.54) is 37.4 Å². The molecule has 4 heteroatoms. The van der Waals surface area contributed by atoms with Gasteiger partial charge < -0.3 is 4.89 Å². The minimum atomic E-state index is -1.09. The highest BCUT2D eigenvalue weighted by Crippen LogP contribution is 2.34. The van der Waals surface area contributed by atoms with Gasteiger partial charge in [0.1, 0.15) is 0 Å². The van der Waals surface area contributed by atoms with Gasteiger partial charge in [0, 0.05) is 23.9 Å². The van der Waals surface area contributed by atoms with Crippen LogP contribution in [0.25, 0.3) is 0 Å². The topological polar surface area (TPSA) is 23.5 Å². The van der Waals surface area contributed by atoms with Crippen LogP contribution in [0.4, 0.5) is 0 Å². The third-order valence-corrected chi connectivity index (χ3v) is 7.55. The Labute approximate surface area is 148 Å². The highest BCUT2D eigenvalue weighted by Gasteiger charge is 2.23. The standard InChI is InChI=1S/C20H27NOP2/c22-24(20-14-8-3-9-15-20)17-21(18-10-4-1-5-11-18)16-23-19-12-6-2-7-13-19/h2-3,6-9,12-15,18,22-23H,1,4-5,10-11,16-17H2. The van der Waals surface area contributed by atoms with E-state index in [-0.39, 0.29) is 0 Å². The molecule has 2 unspecified atom stereocenters. The van der Waals surface area contributed by atoms with Gasteiger partial charge in [-0.1, -0.05) is 88.5 Å². The van der Waals surface area contributed by atoms with Crippen LogP contribution >= 0.6 is 16.7 Å². The van der Waals surface area contributed by atoms with Crippen molar-refractivity contribution in [2.45, 2.75) is 38.1 Å². The lowest BCUT2D eigenvalue weighted by molar-refractivity contribution is 0.207. The van der Waals surface area contributed by atoms with Crippen molar-refractivity contribution in [2.24, 2.45) is 0 Å². The summed E-state index contributed by atoms with van der Waals surface area (Å²) in [7, 11) is -0.298. The zero-order valence-corrected chi connectivity index (χ0v) is 16.0. The second-order valence-electron chi connectivity index (χ2n) is 6.46. The van der Waals surface area contributed by atoms with Crippen LogP contribution in [-0.2, 0) is 0 Å². The Morgan fingerprint density at radius 2 is 1.54 bits per heavy atom. The van der Waals surface area contributed by atoms with Crippen molar-refractivity contribution in [2.75, 3.05) is 12.6 Å². The smallest absolute Gasteiger partial charge is 0.0707 e. The van der Waals surface area contributed by atoms with E-state index in [0.29, 0.717) is 6.04 Å². The van der Waals surface area contributed by atoms with Gasteiger partial charge in [-0.15, -0.1) is 0 Å². The summed E-state index contributed by atoms with van der Waals surface area (Å²) in [6.45, 7) is 0. The number of nitrogens with zero attached hydrogens (tertiary/aromatic N) is 1. The molecular weight excluding hydrogens is 332 g/mol. The lowest BCUT2D eigenvalue weighted by Crippen LogP contribution is -2.37. The minimum Gasteiger partial charge on any atom is -0.368 e. The molecule has 0 heterocycles. The van der Waals surface area contributed by atoms with Gasteiger partial charge in [-0.3, -0.25) is 4.90 Å². The summed E-state index contributed by atoms with van der Waals surface area (Å²) in [6, 6.07) is 21.6. The van der Waals surface area contributed by atoms with E-state index in [4.69, 9.17) is 0 Å². The molecule has 1 aliphatic rings. The Bertz CT molecular complexity index is 587. The van der Waals surface area contributed by atoms with Crippen molar-refractivity contribution in [3.05, 3.63) is 60.7 Å². The number of rotatable bonds is 7. The molecule has 0 amide bonds. The average Bonchev–Trinajstić information content (AvgIpc) is 2.67. The fraction of sp³-hybridized carbons (Fsp3) is 0.400. The molecule has 3 rings (SSSR count). The van der Waals surface area contributed by atoms with E-state index in [1.54, 1.807) is 0 Å². The van der Waals surface area contributed by atoms with Gasteiger partial charge in [0.25, 0.3) is 0 Å². The maximum atomic E-state index is 10.7. The Morgan fingerprint density at radius 3 is 2.21 bits per heavy atom. The molecule has 0 aliphatic heterocycles. The van der Waals surface area contributed by atoms with Crippen molar-refractivity contribution in [3.8, 4) is 0 Å². The van der Waals surface area contributed by atoms with Crippen LogP contribution in [0.5, 0.6) is 0 Å². The van der Waals surface area contributed by atoms with Crippen LogP contribution in [0.15, 0.2) is 60.7 Å². The third kappa shape index (κ3) is 5.36. The normalized spacial score (nSPS) is 17.6. The summed E-state index contributed by atoms with van der Waals surface area (Å²) < 4.78 is 0. The van der Waals surface area contributed by atoms with Crippen molar-refractivity contribution in [3.63, 3.8) is 0 Å². The molecule has 128 valence electrons. The molecule has 2 nitrogen and oxygen atoms in total. The highest BCUT2D eigenvalue weighted by molar-refractivity contribution is 7.59. The van der Waals surface area contributed by atoms with Gasteiger partial charge in [-0.25, -0.2) is 0 Å². The first-order chi connectivity index (χ1) is 11.8. The lowest BCUT2D eigenvalue weighted by atomic mass is 9.95. The first kappa shape index (κ1) is 18.0. The van der Waals surface area contributed by atoms with E-state index in [9.17, 15) is 4.89 Å². The number of hydrogen-bond acceptors (Lipinski definition) is 2. The van der Waals surface area contributed by atoms with Gasteiger partial charge >= 0.3 is 0 Å². The predicted molar refractivity (Wildman–Crippen MR) is 108 cm³/mol. The Hall–Kier alpha value is -0.780. The number of hydrogen-bond donors (Lipinski definition) is 1. The van der Waals surface area contributed by atoms with E-state index in [1.807, 2.05) is 18.2 Å². The van der Waals surface area contributed by atoms with Gasteiger partial charge in [0.15, 0.2) is 0 Å². The molecule has 2 aromatic carbocycles. The van der Waals surface area contributed by atoms with Crippen LogP contribution in [0.1, 0.15) is 32.1 Å². The molecule has 24 heavy (non-hydrogen) atoms. The summed E-state index contributed by atoms with van der Waals surface area (Å²) in [5.74, 6) is 0. The molecule has 0 saturated heterocycles. The van der Waals surface area contributed by atoms with Gasteiger partial charge in [-0.05, 0) is 18.1 Å². The summed E-state index contributed by atoms with van der Waals surface area (Å²) in [5, 5.41) is 2.51. The van der Waals surface area contributed by atoms with Gasteiger partial charge in [0.05, 0.1) is 8.15 Å². The van der Waals surface area contributed by atoms with Crippen LogP contribution < -0.4 is 10.6 Å². The molecule has 0 aromatic heterocycles. The predicted octanol–water partition coefficient (Wildman–Crippen LogP) is 4.25. The molecule has 2 atom stereocenters. The average molecular weight is 359 g/mol. The van der Waals surface area contributed by atoms with Gasteiger partial charge in [0.2, 0.25) is 0 Å². The Kier molecular flexibility index (Phi) is 7.24. The maximum absolute atomic E-state index is 10.7. The first-order valence-corrected chi connectivity index (χ1v) is 11.6. The fourth-order valence-electron chi connectivity index (χ4n) is 3.34. The van der Waals surface area contributed by atoms with Crippen LogP contribution in [0.3, 0.4) is 0 Å². The highest BCUT2D eigenvalue weighted by atomic mass is 31.1. The Morgan fingerprint density at radius 1 is 0.917 bits per heavy atom. The van der Waals surface area contributed by atoms with E-state index in [0.717, 1.165) is 26.5 Å². The molecule has 0 spiro atoms. The summed E-state index contributed by atoms with van der Waals surface area (Å²) in [6.07, 6.45) is 8.51. The third-order valence-electron chi connectivity index (χ3n) is 4.72. The molecule has 1 N–H and O–H groups in total. The SMILES string of the molecule is OP(CN(CPc1ccccc1)C1CCCCC1)c1ccccc1. The van der Waals surface area contributed by atoms with E-state index in [2.05, 4.69) is 47.4 Å². The summed E-state index contributed by atoms with van der Waals surface area (Å²) in [5.41, 5.74) is 0. The summed E-state index contributed by atoms with van der Waals surface area (Å²) in [4.78, 5) is 13.3. The summed E-state index contributed by atoms with van der Waals surface area (Å²) >= 11 is 0. The molecule has 1 aliphatic carbocycles. The van der Waals surface area contributed by atoms with Crippen molar-refractivity contribution >= 4 is 27.3 Å². The largest absolute Gasteiger partial charge is 0.368 e. The van der Waals surface area contributed by atoms with Crippen LogP contribution in [-0.4, -0.2) is 28.4 Å². The molecule has 0 radical (unpaired) electrons. The quantitative estimate of drug-likeness (QED) is 0.747. The first-order valence-electron chi connectivity index (χ1n) is 8.87. The fourth-order valence-corrected chi connectivity index (χ4v) is 6.07. The van der Waals surface area contributed by atoms with Crippen molar-refractivity contribution in [1.82, 2.24) is 4.90 Å². The molecule has 1 fully saturated rings. The van der Waals surface area contributed by atoms with E-state index < -0.39 is 8.15 Å². The molecule has 0 bridgehead atoms. The molecular formula is C20H27NOP2. The van der Waals surface area contributed by atoms with Crippen LogP contribution in [0, 0.1) is 0 Å². The van der Waals surface area contributed by atoms with Gasteiger partial charge in [-0.2, -0.15) is 0 Å². The zero-order chi connectivity index (χ0) is 16.6. The lowest BCUT2D eigenvalue weighted by Gasteiger charge is -2.35. The van der Waals surface area contributed by atoms with E-state index >= 15 is 0 Å². The Balaban J connectivity index is 1.64. The second kappa shape index (κ2) is 9.64. The maximum Gasteiger partial charge on any atom is 0.0707 e. The molecule has 1 saturated carbocycles. The monoisotopic (exact) mass is 359 g/mol.